The van der Waals surface area contributed by atoms with Crippen molar-refractivity contribution in [3.05, 3.63) is 50.8 Å². The van der Waals surface area contributed by atoms with Crippen molar-refractivity contribution in [2.75, 3.05) is 6.54 Å². The lowest BCUT2D eigenvalue weighted by molar-refractivity contribution is -0.144. The quantitative estimate of drug-likeness (QED) is 0.735. The summed E-state index contributed by atoms with van der Waals surface area (Å²) < 4.78 is 6.09. The molecule has 0 bridgehead atoms. The maximum Gasteiger partial charge on any atom is 0.325 e. The fourth-order valence-corrected chi connectivity index (χ4v) is 4.49. The number of aliphatic carboxylic acids is 1. The van der Waals surface area contributed by atoms with Gasteiger partial charge in [0.15, 0.2) is 5.06 Å². The van der Waals surface area contributed by atoms with Crippen LogP contribution in [0.15, 0.2) is 34.8 Å². The molecule has 0 spiro atoms. The van der Waals surface area contributed by atoms with Crippen molar-refractivity contribution in [3.63, 3.8) is 0 Å². The molecule has 25 heavy (non-hydrogen) atoms. The van der Waals surface area contributed by atoms with Gasteiger partial charge in [-0.15, -0.1) is 11.3 Å². The Bertz CT molecular complexity index is 804. The number of benzene rings is 1. The summed E-state index contributed by atoms with van der Waals surface area (Å²) in [7, 11) is 0. The van der Waals surface area contributed by atoms with Crippen molar-refractivity contribution < 1.29 is 19.4 Å². The molecule has 0 saturated carbocycles. The Hall–Kier alpha value is -1.70. The summed E-state index contributed by atoms with van der Waals surface area (Å²) in [6.07, 6.45) is 1.08. The number of ether oxygens (including phenoxy) is 1. The van der Waals surface area contributed by atoms with E-state index in [1.807, 2.05) is 35.2 Å². The van der Waals surface area contributed by atoms with Crippen LogP contribution in [-0.4, -0.2) is 28.5 Å². The van der Waals surface area contributed by atoms with Crippen LogP contribution in [0.1, 0.15) is 35.4 Å². The van der Waals surface area contributed by atoms with E-state index in [9.17, 15) is 14.7 Å². The Labute approximate surface area is 158 Å². The predicted molar refractivity (Wildman–Crippen MR) is 98.9 cm³/mol. The van der Waals surface area contributed by atoms with Crippen LogP contribution < -0.4 is 4.74 Å². The first kappa shape index (κ1) is 18.1. The Morgan fingerprint density at radius 1 is 1.40 bits per heavy atom. The number of carbonyl (C=O) groups is 2. The van der Waals surface area contributed by atoms with E-state index in [1.54, 1.807) is 6.92 Å². The summed E-state index contributed by atoms with van der Waals surface area (Å²) >= 11 is 4.93. The zero-order chi connectivity index (χ0) is 18.0. The Morgan fingerprint density at radius 2 is 2.16 bits per heavy atom. The second kappa shape index (κ2) is 7.68. The highest BCUT2D eigenvalue weighted by Crippen LogP contribution is 2.37. The zero-order valence-corrected chi connectivity index (χ0v) is 16.1. The van der Waals surface area contributed by atoms with E-state index < -0.39 is 12.0 Å². The van der Waals surface area contributed by atoms with Crippen LogP contribution in [0.3, 0.4) is 0 Å². The molecule has 1 aliphatic rings. The molecule has 5 nitrogen and oxygen atoms in total. The van der Waals surface area contributed by atoms with Crippen LogP contribution in [-0.2, 0) is 22.6 Å². The van der Waals surface area contributed by atoms with Crippen LogP contribution in [0.4, 0.5) is 0 Å². The standard InChI is InChI=1S/C18H18BrNO4S/c1-2-15(21)24-16-9-11-10-20(8-7-14(11)25-16)17(18(22)23)12-5-3-4-6-13(12)19/h3-6,9,17H,2,7-8,10H2,1H3,(H,22,23). The van der Waals surface area contributed by atoms with Crippen molar-refractivity contribution in [1.29, 1.82) is 0 Å². The number of halogens is 1. The van der Waals surface area contributed by atoms with Crippen LogP contribution >= 0.6 is 27.3 Å². The smallest absolute Gasteiger partial charge is 0.325 e. The zero-order valence-electron chi connectivity index (χ0n) is 13.7. The number of hydrogen-bond acceptors (Lipinski definition) is 5. The molecule has 0 aliphatic carbocycles. The molecule has 132 valence electrons. The van der Waals surface area contributed by atoms with Gasteiger partial charge in [0.05, 0.1) is 0 Å². The van der Waals surface area contributed by atoms with Gasteiger partial charge in [0.25, 0.3) is 0 Å². The molecule has 0 fully saturated rings. The van der Waals surface area contributed by atoms with E-state index in [0.29, 0.717) is 24.6 Å². The number of carboxylic acids is 1. The Kier molecular flexibility index (Phi) is 5.56. The molecular weight excluding hydrogens is 406 g/mol. The Balaban J connectivity index is 1.84. The molecule has 0 saturated heterocycles. The molecule has 0 amide bonds. The predicted octanol–water partition coefficient (Wildman–Crippen LogP) is 4.01. The highest BCUT2D eigenvalue weighted by atomic mass is 79.9. The summed E-state index contributed by atoms with van der Waals surface area (Å²) in [6, 6.07) is 8.55. The first-order valence-corrected chi connectivity index (χ1v) is 9.64. The molecule has 1 unspecified atom stereocenters. The molecular formula is C18H18BrNO4S. The summed E-state index contributed by atoms with van der Waals surface area (Å²) in [4.78, 5) is 26.5. The number of esters is 1. The first-order valence-electron chi connectivity index (χ1n) is 8.03. The summed E-state index contributed by atoms with van der Waals surface area (Å²) in [5.41, 5.74) is 1.78. The monoisotopic (exact) mass is 423 g/mol. The van der Waals surface area contributed by atoms with Gasteiger partial charge < -0.3 is 9.84 Å². The van der Waals surface area contributed by atoms with E-state index in [4.69, 9.17) is 4.74 Å². The number of carboxylic acid groups (broad SMARTS) is 1. The van der Waals surface area contributed by atoms with Gasteiger partial charge in [0, 0.05) is 28.9 Å². The SMILES string of the molecule is CCC(=O)Oc1cc2c(s1)CCN(C(C(=O)O)c1ccccc1Br)C2. The van der Waals surface area contributed by atoms with Gasteiger partial charge in [-0.25, -0.2) is 0 Å². The van der Waals surface area contributed by atoms with Crippen LogP contribution in [0.5, 0.6) is 5.06 Å². The maximum absolute atomic E-state index is 11.9. The van der Waals surface area contributed by atoms with Gasteiger partial charge in [-0.05, 0) is 29.7 Å². The van der Waals surface area contributed by atoms with Crippen LogP contribution in [0, 0.1) is 0 Å². The van der Waals surface area contributed by atoms with Gasteiger partial charge in [-0.2, -0.15) is 0 Å². The van der Waals surface area contributed by atoms with E-state index in [1.165, 1.54) is 11.3 Å². The molecule has 1 aromatic heterocycles. The lowest BCUT2D eigenvalue weighted by atomic mass is 10.0. The molecule has 0 radical (unpaired) electrons. The lowest BCUT2D eigenvalue weighted by Crippen LogP contribution is -2.37. The van der Waals surface area contributed by atoms with Crippen LogP contribution in [0.2, 0.25) is 0 Å². The van der Waals surface area contributed by atoms with Crippen LogP contribution in [0.25, 0.3) is 0 Å². The minimum absolute atomic E-state index is 0.257. The second-order valence-electron chi connectivity index (χ2n) is 5.82. The van der Waals surface area contributed by atoms with E-state index in [2.05, 4.69) is 15.9 Å². The molecule has 1 atom stereocenters. The molecule has 1 aromatic carbocycles. The van der Waals surface area contributed by atoms with Gasteiger partial charge in [0.2, 0.25) is 0 Å². The van der Waals surface area contributed by atoms with Crippen molar-refractivity contribution in [2.45, 2.75) is 32.4 Å². The second-order valence-corrected chi connectivity index (χ2v) is 7.78. The average molecular weight is 424 g/mol. The van der Waals surface area contributed by atoms with E-state index >= 15 is 0 Å². The topological polar surface area (TPSA) is 66.8 Å². The third-order valence-corrected chi connectivity index (χ3v) is 6.01. The fraction of sp³-hybridized carbons (Fsp3) is 0.333. The van der Waals surface area contributed by atoms with E-state index in [-0.39, 0.29) is 5.97 Å². The third-order valence-electron chi connectivity index (χ3n) is 4.18. The molecule has 7 heteroatoms. The summed E-state index contributed by atoms with van der Waals surface area (Å²) in [6.45, 7) is 2.92. The number of fused-ring (bicyclic) bond motifs is 1. The normalized spacial score (nSPS) is 15.4. The third kappa shape index (κ3) is 3.94. The molecule has 2 aromatic rings. The number of hydrogen-bond donors (Lipinski definition) is 1. The average Bonchev–Trinajstić information content (AvgIpc) is 2.98. The minimum atomic E-state index is -0.872. The fourth-order valence-electron chi connectivity index (χ4n) is 2.97. The minimum Gasteiger partial charge on any atom is -0.480 e. The molecule has 2 heterocycles. The van der Waals surface area contributed by atoms with E-state index in [0.717, 1.165) is 26.9 Å². The molecule has 3 rings (SSSR count). The van der Waals surface area contributed by atoms with Crippen molar-refractivity contribution in [2.24, 2.45) is 0 Å². The van der Waals surface area contributed by atoms with Gasteiger partial charge in [-0.3, -0.25) is 14.5 Å². The molecule has 1 aliphatic heterocycles. The van der Waals surface area contributed by atoms with Gasteiger partial charge in [0.1, 0.15) is 6.04 Å². The largest absolute Gasteiger partial charge is 0.480 e. The summed E-state index contributed by atoms with van der Waals surface area (Å²) in [5.74, 6) is -1.13. The first-order chi connectivity index (χ1) is 12.0. The number of nitrogens with zero attached hydrogens (tertiary/aromatic N) is 1. The number of thiophene rings is 1. The Morgan fingerprint density at radius 3 is 2.84 bits per heavy atom. The molecule has 1 N–H and O–H groups in total. The van der Waals surface area contributed by atoms with Crippen molar-refractivity contribution in [1.82, 2.24) is 4.90 Å². The highest BCUT2D eigenvalue weighted by Gasteiger charge is 2.32. The van der Waals surface area contributed by atoms with Crippen molar-refractivity contribution in [3.8, 4) is 5.06 Å². The number of rotatable bonds is 5. The summed E-state index contributed by atoms with van der Waals surface area (Å²) in [5, 5.41) is 10.4. The highest BCUT2D eigenvalue weighted by molar-refractivity contribution is 9.10. The maximum atomic E-state index is 11.9. The lowest BCUT2D eigenvalue weighted by Gasteiger charge is -2.32. The van der Waals surface area contributed by atoms with Gasteiger partial charge >= 0.3 is 11.9 Å². The van der Waals surface area contributed by atoms with Gasteiger partial charge in [-0.1, -0.05) is 41.1 Å². The number of carbonyl (C=O) groups excluding carboxylic acids is 1. The van der Waals surface area contributed by atoms with Crippen molar-refractivity contribution >= 4 is 39.2 Å².